The molecule has 2 aromatic carbocycles. The summed E-state index contributed by atoms with van der Waals surface area (Å²) in [7, 11) is 0. The lowest BCUT2D eigenvalue weighted by Crippen LogP contribution is -2.49. The Hall–Kier alpha value is -2.33. The van der Waals surface area contributed by atoms with Crippen molar-refractivity contribution in [3.05, 3.63) is 65.7 Å². The Morgan fingerprint density at radius 3 is 2.36 bits per heavy atom. The van der Waals surface area contributed by atoms with E-state index in [1.54, 1.807) is 0 Å². The zero-order valence-electron chi connectivity index (χ0n) is 14.9. The van der Waals surface area contributed by atoms with Crippen molar-refractivity contribution in [1.29, 1.82) is 0 Å². The predicted octanol–water partition coefficient (Wildman–Crippen LogP) is 2.82. The number of nitrogens with zero attached hydrogens (tertiary/aromatic N) is 2. The number of amides is 1. The molecule has 1 saturated heterocycles. The van der Waals surface area contributed by atoms with Gasteiger partial charge in [0.1, 0.15) is 5.75 Å². The number of hydrogen-bond acceptors (Lipinski definition) is 3. The predicted molar refractivity (Wildman–Crippen MR) is 99.9 cm³/mol. The molecule has 0 radical (unpaired) electrons. The van der Waals surface area contributed by atoms with E-state index in [1.807, 2.05) is 41.3 Å². The van der Waals surface area contributed by atoms with Crippen LogP contribution in [0.5, 0.6) is 5.75 Å². The number of piperazine rings is 1. The molecule has 4 heteroatoms. The van der Waals surface area contributed by atoms with E-state index < -0.39 is 0 Å². The molecule has 1 aliphatic rings. The summed E-state index contributed by atoms with van der Waals surface area (Å²) in [5.74, 6) is 0.872. The highest BCUT2D eigenvalue weighted by molar-refractivity contribution is 5.78. The van der Waals surface area contributed by atoms with Crippen LogP contribution in [0.4, 0.5) is 0 Å². The molecule has 0 atom stereocenters. The highest BCUT2D eigenvalue weighted by atomic mass is 16.5. The highest BCUT2D eigenvalue weighted by Crippen LogP contribution is 2.21. The maximum Gasteiger partial charge on any atom is 0.260 e. The summed E-state index contributed by atoms with van der Waals surface area (Å²) >= 11 is 0. The van der Waals surface area contributed by atoms with Crippen molar-refractivity contribution in [3.63, 3.8) is 0 Å². The minimum atomic E-state index is 0.0743. The van der Waals surface area contributed by atoms with Crippen LogP contribution >= 0.6 is 0 Å². The van der Waals surface area contributed by atoms with E-state index in [0.717, 1.165) is 50.5 Å². The summed E-state index contributed by atoms with van der Waals surface area (Å²) in [5.41, 5.74) is 2.35. The van der Waals surface area contributed by atoms with Crippen LogP contribution in [0, 0.1) is 0 Å². The smallest absolute Gasteiger partial charge is 0.260 e. The summed E-state index contributed by atoms with van der Waals surface area (Å²) in [6.45, 7) is 6.80. The lowest BCUT2D eigenvalue weighted by molar-refractivity contribution is -0.135. The van der Waals surface area contributed by atoms with Gasteiger partial charge in [0.05, 0.1) is 0 Å². The van der Waals surface area contributed by atoms with E-state index in [2.05, 4.69) is 30.0 Å². The van der Waals surface area contributed by atoms with Gasteiger partial charge in [-0.25, -0.2) is 0 Å². The van der Waals surface area contributed by atoms with Crippen LogP contribution in [0.15, 0.2) is 54.6 Å². The van der Waals surface area contributed by atoms with Gasteiger partial charge in [-0.2, -0.15) is 0 Å². The van der Waals surface area contributed by atoms with Crippen LogP contribution in [0.2, 0.25) is 0 Å². The Bertz CT molecular complexity index is 679. The number of hydrogen-bond donors (Lipinski definition) is 0. The zero-order chi connectivity index (χ0) is 17.5. The van der Waals surface area contributed by atoms with Gasteiger partial charge in [0.25, 0.3) is 5.91 Å². The molecular formula is C21H26N2O2. The number of carbonyl (C=O) groups excluding carboxylic acids is 1. The molecule has 0 saturated carbocycles. The highest BCUT2D eigenvalue weighted by Gasteiger charge is 2.20. The van der Waals surface area contributed by atoms with Gasteiger partial charge >= 0.3 is 0 Å². The number of benzene rings is 2. The van der Waals surface area contributed by atoms with Crippen LogP contribution in [-0.2, 0) is 11.2 Å². The number of para-hydroxylation sites is 1. The standard InChI is InChI=1S/C21H26N2O2/c1-2-22-12-14-23(15-13-22)21(24)17-25-20-11-7-6-10-19(20)16-18-8-4-3-5-9-18/h3-11H,2,12-17H2,1H3. The second-order valence-electron chi connectivity index (χ2n) is 6.37. The van der Waals surface area contributed by atoms with E-state index in [0.29, 0.717) is 0 Å². The maximum atomic E-state index is 12.4. The van der Waals surface area contributed by atoms with Gasteiger partial charge in [0, 0.05) is 32.6 Å². The summed E-state index contributed by atoms with van der Waals surface area (Å²) in [6, 6.07) is 18.3. The summed E-state index contributed by atoms with van der Waals surface area (Å²) < 4.78 is 5.87. The molecule has 1 amide bonds. The number of ether oxygens (including phenoxy) is 1. The molecule has 0 aromatic heterocycles. The molecule has 1 heterocycles. The van der Waals surface area contributed by atoms with E-state index in [-0.39, 0.29) is 12.5 Å². The van der Waals surface area contributed by atoms with Gasteiger partial charge < -0.3 is 14.5 Å². The van der Waals surface area contributed by atoms with Gasteiger partial charge in [0.15, 0.2) is 6.61 Å². The molecule has 132 valence electrons. The molecule has 3 rings (SSSR count). The Morgan fingerprint density at radius 1 is 0.960 bits per heavy atom. The Kier molecular flexibility index (Phi) is 6.07. The second-order valence-corrected chi connectivity index (χ2v) is 6.37. The third-order valence-electron chi connectivity index (χ3n) is 4.73. The normalized spacial score (nSPS) is 15.2. The average molecular weight is 338 g/mol. The monoisotopic (exact) mass is 338 g/mol. The molecular weight excluding hydrogens is 312 g/mol. The Balaban J connectivity index is 1.57. The van der Waals surface area contributed by atoms with Crippen LogP contribution < -0.4 is 4.74 Å². The maximum absolute atomic E-state index is 12.4. The van der Waals surface area contributed by atoms with E-state index >= 15 is 0 Å². The Labute approximate surface area is 150 Å². The molecule has 0 N–H and O–H groups in total. The van der Waals surface area contributed by atoms with Gasteiger partial charge in [-0.3, -0.25) is 4.79 Å². The Morgan fingerprint density at radius 2 is 1.64 bits per heavy atom. The first-order chi connectivity index (χ1) is 12.3. The summed E-state index contributed by atoms with van der Waals surface area (Å²) in [6.07, 6.45) is 0.806. The summed E-state index contributed by atoms with van der Waals surface area (Å²) in [4.78, 5) is 16.7. The van der Waals surface area contributed by atoms with Crippen LogP contribution in [0.3, 0.4) is 0 Å². The fourth-order valence-corrected chi connectivity index (χ4v) is 3.15. The third-order valence-corrected chi connectivity index (χ3v) is 4.73. The molecule has 0 aliphatic carbocycles. The van der Waals surface area contributed by atoms with Crippen LogP contribution in [0.1, 0.15) is 18.1 Å². The van der Waals surface area contributed by atoms with Gasteiger partial charge in [-0.15, -0.1) is 0 Å². The second kappa shape index (κ2) is 8.67. The van der Waals surface area contributed by atoms with Crippen LogP contribution in [-0.4, -0.2) is 55.0 Å². The van der Waals surface area contributed by atoms with Crippen molar-refractivity contribution in [2.45, 2.75) is 13.3 Å². The molecule has 0 spiro atoms. The lowest BCUT2D eigenvalue weighted by atomic mass is 10.0. The molecule has 1 fully saturated rings. The topological polar surface area (TPSA) is 32.8 Å². The lowest BCUT2D eigenvalue weighted by Gasteiger charge is -2.34. The van der Waals surface area contributed by atoms with E-state index in [4.69, 9.17) is 4.74 Å². The van der Waals surface area contributed by atoms with Gasteiger partial charge in [-0.05, 0) is 23.7 Å². The fourth-order valence-electron chi connectivity index (χ4n) is 3.15. The minimum absolute atomic E-state index is 0.0743. The molecule has 0 bridgehead atoms. The van der Waals surface area contributed by atoms with E-state index in [9.17, 15) is 4.79 Å². The van der Waals surface area contributed by atoms with Crippen molar-refractivity contribution in [2.24, 2.45) is 0 Å². The van der Waals surface area contributed by atoms with Crippen molar-refractivity contribution >= 4 is 5.91 Å². The van der Waals surface area contributed by atoms with Crippen molar-refractivity contribution in [2.75, 3.05) is 39.3 Å². The van der Waals surface area contributed by atoms with Crippen molar-refractivity contribution < 1.29 is 9.53 Å². The quantitative estimate of drug-likeness (QED) is 0.812. The van der Waals surface area contributed by atoms with Gasteiger partial charge in [0.2, 0.25) is 0 Å². The molecule has 0 unspecified atom stereocenters. The van der Waals surface area contributed by atoms with E-state index in [1.165, 1.54) is 5.56 Å². The van der Waals surface area contributed by atoms with Crippen molar-refractivity contribution in [1.82, 2.24) is 9.80 Å². The first-order valence-corrected chi connectivity index (χ1v) is 9.01. The minimum Gasteiger partial charge on any atom is -0.483 e. The third kappa shape index (κ3) is 4.83. The number of rotatable bonds is 6. The van der Waals surface area contributed by atoms with Crippen molar-refractivity contribution in [3.8, 4) is 5.75 Å². The number of likely N-dealkylation sites (N-methyl/N-ethyl adjacent to an activating group) is 1. The first kappa shape index (κ1) is 17.5. The largest absolute Gasteiger partial charge is 0.483 e. The molecule has 25 heavy (non-hydrogen) atoms. The zero-order valence-corrected chi connectivity index (χ0v) is 14.9. The molecule has 4 nitrogen and oxygen atoms in total. The van der Waals surface area contributed by atoms with Gasteiger partial charge in [-0.1, -0.05) is 55.5 Å². The molecule has 1 aliphatic heterocycles. The number of carbonyl (C=O) groups is 1. The molecule has 2 aromatic rings. The SMILES string of the molecule is CCN1CCN(C(=O)COc2ccccc2Cc2ccccc2)CC1. The fraction of sp³-hybridized carbons (Fsp3) is 0.381. The van der Waals surface area contributed by atoms with Crippen LogP contribution in [0.25, 0.3) is 0 Å². The summed E-state index contributed by atoms with van der Waals surface area (Å²) in [5, 5.41) is 0. The first-order valence-electron chi connectivity index (χ1n) is 9.01. The average Bonchev–Trinajstić information content (AvgIpc) is 2.68.